The predicted octanol–water partition coefficient (Wildman–Crippen LogP) is 6.89. The van der Waals surface area contributed by atoms with Crippen molar-refractivity contribution in [3.05, 3.63) is 0 Å². The first-order valence-corrected chi connectivity index (χ1v) is 13.1. The van der Waals surface area contributed by atoms with E-state index in [1.165, 1.54) is 116 Å². The lowest BCUT2D eigenvalue weighted by atomic mass is 9.55. The van der Waals surface area contributed by atoms with E-state index in [9.17, 15) is 0 Å². The van der Waals surface area contributed by atoms with E-state index in [-0.39, 0.29) is 0 Å². The second-order valence-corrected chi connectivity index (χ2v) is 10.6. The molecule has 2 rings (SSSR count). The molecule has 0 amide bonds. The molecule has 2 nitrogen and oxygen atoms in total. The van der Waals surface area contributed by atoms with Gasteiger partial charge in [-0.1, -0.05) is 79.1 Å². The average Bonchev–Trinajstić information content (AvgIpc) is 2.62. The van der Waals surface area contributed by atoms with Gasteiger partial charge in [0.05, 0.1) is 0 Å². The first-order chi connectivity index (χ1) is 13.6. The summed E-state index contributed by atoms with van der Waals surface area (Å²) in [5, 5.41) is 3.72. The number of nitrogens with zero attached hydrogens (tertiary/aromatic N) is 1. The van der Waals surface area contributed by atoms with Gasteiger partial charge in [0.25, 0.3) is 0 Å². The maximum absolute atomic E-state index is 3.72. The minimum absolute atomic E-state index is 0.735. The van der Waals surface area contributed by atoms with E-state index < -0.39 is 0 Å². The van der Waals surface area contributed by atoms with Crippen LogP contribution in [-0.4, -0.2) is 37.6 Å². The molecule has 0 radical (unpaired) electrons. The van der Waals surface area contributed by atoms with Crippen molar-refractivity contribution in [2.45, 2.75) is 111 Å². The Balaban J connectivity index is 1.54. The van der Waals surface area contributed by atoms with Crippen molar-refractivity contribution in [2.75, 3.05) is 32.7 Å². The highest BCUT2D eigenvalue weighted by Crippen LogP contribution is 2.54. The molecule has 2 heteroatoms. The van der Waals surface area contributed by atoms with E-state index in [0.717, 1.165) is 23.2 Å². The fourth-order valence-electron chi connectivity index (χ4n) is 5.88. The minimum Gasteiger partial charge on any atom is -0.316 e. The molecule has 0 aromatic rings. The Kier molecular flexibility index (Phi) is 11.5. The lowest BCUT2D eigenvalue weighted by Crippen LogP contribution is -2.63. The van der Waals surface area contributed by atoms with Gasteiger partial charge in [-0.25, -0.2) is 0 Å². The molecule has 1 aliphatic heterocycles. The summed E-state index contributed by atoms with van der Waals surface area (Å²) in [6, 6.07) is 0. The lowest BCUT2D eigenvalue weighted by molar-refractivity contribution is -0.112. The van der Waals surface area contributed by atoms with Gasteiger partial charge in [0.15, 0.2) is 0 Å². The smallest absolute Gasteiger partial charge is 0.00508 e. The molecular weight excluding hydrogens is 340 g/mol. The molecule has 166 valence electrons. The van der Waals surface area contributed by atoms with Crippen LogP contribution in [0.1, 0.15) is 111 Å². The van der Waals surface area contributed by atoms with E-state index in [1.807, 2.05) is 0 Å². The van der Waals surface area contributed by atoms with Crippen molar-refractivity contribution in [2.24, 2.45) is 23.2 Å². The van der Waals surface area contributed by atoms with Gasteiger partial charge >= 0.3 is 0 Å². The van der Waals surface area contributed by atoms with Crippen molar-refractivity contribution in [1.29, 1.82) is 0 Å². The Morgan fingerprint density at radius 1 is 0.857 bits per heavy atom. The average molecular weight is 393 g/mol. The van der Waals surface area contributed by atoms with Crippen LogP contribution >= 0.6 is 0 Å². The van der Waals surface area contributed by atoms with Crippen LogP contribution in [0.25, 0.3) is 0 Å². The number of likely N-dealkylation sites (tertiary alicyclic amines) is 1. The van der Waals surface area contributed by atoms with Crippen LogP contribution < -0.4 is 5.32 Å². The van der Waals surface area contributed by atoms with Gasteiger partial charge in [-0.05, 0) is 68.4 Å². The minimum atomic E-state index is 0.735. The summed E-state index contributed by atoms with van der Waals surface area (Å²) >= 11 is 0. The Hall–Kier alpha value is -0.0800. The molecule has 1 saturated carbocycles. The second-order valence-electron chi connectivity index (χ2n) is 10.6. The SMILES string of the molecule is CCCCCCNC[C@H](C)C1CC2(C1)CN(CC(CCC)CCCCCC)C2. The molecule has 2 fully saturated rings. The summed E-state index contributed by atoms with van der Waals surface area (Å²) in [6.07, 6.45) is 18.5. The van der Waals surface area contributed by atoms with Crippen LogP contribution in [0, 0.1) is 23.2 Å². The molecular formula is C26H52N2. The summed E-state index contributed by atoms with van der Waals surface area (Å²) in [6.45, 7) is 16.2. The largest absolute Gasteiger partial charge is 0.316 e. The van der Waals surface area contributed by atoms with E-state index in [0.29, 0.717) is 0 Å². The van der Waals surface area contributed by atoms with Gasteiger partial charge in [-0.3, -0.25) is 0 Å². The van der Waals surface area contributed by atoms with Gasteiger partial charge in [0.2, 0.25) is 0 Å². The highest BCUT2D eigenvalue weighted by Gasteiger charge is 2.53. The number of unbranched alkanes of at least 4 members (excludes halogenated alkanes) is 6. The predicted molar refractivity (Wildman–Crippen MR) is 125 cm³/mol. The molecule has 2 atom stereocenters. The molecule has 2 aliphatic rings. The Morgan fingerprint density at radius 3 is 2.18 bits per heavy atom. The maximum atomic E-state index is 3.72. The Morgan fingerprint density at radius 2 is 1.54 bits per heavy atom. The van der Waals surface area contributed by atoms with Gasteiger partial charge < -0.3 is 10.2 Å². The van der Waals surface area contributed by atoms with Gasteiger partial charge in [0.1, 0.15) is 0 Å². The molecule has 1 heterocycles. The van der Waals surface area contributed by atoms with E-state index in [1.54, 1.807) is 0 Å². The normalized spacial score (nSPS) is 21.4. The molecule has 1 saturated heterocycles. The third-order valence-electron chi connectivity index (χ3n) is 7.67. The standard InChI is InChI=1S/C26H52N2/c1-5-8-10-12-15-24(14-7-3)20-28-21-26(22-28)17-25(18-26)23(4)19-27-16-13-11-9-6-2/h23-25,27H,5-22H2,1-4H3/t23-,24?/m0/s1. The fourth-order valence-corrected chi connectivity index (χ4v) is 5.88. The van der Waals surface area contributed by atoms with E-state index >= 15 is 0 Å². The fraction of sp³-hybridized carbons (Fsp3) is 1.00. The lowest BCUT2D eigenvalue weighted by Gasteiger charge is -2.61. The quantitative estimate of drug-likeness (QED) is 0.271. The molecule has 0 aromatic carbocycles. The second kappa shape index (κ2) is 13.3. The topological polar surface area (TPSA) is 15.3 Å². The summed E-state index contributed by atoms with van der Waals surface area (Å²) in [5.41, 5.74) is 0.735. The number of nitrogens with one attached hydrogen (secondary N) is 1. The van der Waals surface area contributed by atoms with E-state index in [2.05, 4.69) is 37.9 Å². The Bertz CT molecular complexity index is 380. The first kappa shape index (κ1) is 24.2. The maximum Gasteiger partial charge on any atom is 0.00508 e. The van der Waals surface area contributed by atoms with Crippen molar-refractivity contribution < 1.29 is 0 Å². The van der Waals surface area contributed by atoms with Gasteiger partial charge in [-0.15, -0.1) is 0 Å². The zero-order chi connectivity index (χ0) is 20.2. The van der Waals surface area contributed by atoms with Crippen molar-refractivity contribution in [3.63, 3.8) is 0 Å². The Labute approximate surface area is 177 Å². The zero-order valence-corrected chi connectivity index (χ0v) is 19.9. The monoisotopic (exact) mass is 392 g/mol. The number of hydrogen-bond donors (Lipinski definition) is 1. The van der Waals surface area contributed by atoms with Gasteiger partial charge in [0, 0.05) is 19.6 Å². The molecule has 28 heavy (non-hydrogen) atoms. The van der Waals surface area contributed by atoms with Crippen molar-refractivity contribution in [3.8, 4) is 0 Å². The molecule has 1 spiro atoms. The molecule has 1 unspecified atom stereocenters. The molecule has 0 bridgehead atoms. The summed E-state index contributed by atoms with van der Waals surface area (Å²) in [4.78, 5) is 2.80. The van der Waals surface area contributed by atoms with Gasteiger partial charge in [-0.2, -0.15) is 0 Å². The molecule has 1 aliphatic carbocycles. The van der Waals surface area contributed by atoms with Crippen LogP contribution in [0.5, 0.6) is 0 Å². The first-order valence-electron chi connectivity index (χ1n) is 13.1. The number of hydrogen-bond acceptors (Lipinski definition) is 2. The van der Waals surface area contributed by atoms with Crippen LogP contribution in [0.15, 0.2) is 0 Å². The van der Waals surface area contributed by atoms with Crippen molar-refractivity contribution in [1.82, 2.24) is 10.2 Å². The van der Waals surface area contributed by atoms with Crippen LogP contribution in [-0.2, 0) is 0 Å². The summed E-state index contributed by atoms with van der Waals surface area (Å²) in [5.74, 6) is 2.83. The molecule has 0 aromatic heterocycles. The summed E-state index contributed by atoms with van der Waals surface area (Å²) in [7, 11) is 0. The van der Waals surface area contributed by atoms with Crippen LogP contribution in [0.4, 0.5) is 0 Å². The van der Waals surface area contributed by atoms with Crippen molar-refractivity contribution >= 4 is 0 Å². The number of rotatable bonds is 17. The highest BCUT2D eigenvalue weighted by atomic mass is 15.2. The van der Waals surface area contributed by atoms with Crippen LogP contribution in [0.3, 0.4) is 0 Å². The third-order valence-corrected chi connectivity index (χ3v) is 7.67. The van der Waals surface area contributed by atoms with E-state index in [4.69, 9.17) is 0 Å². The summed E-state index contributed by atoms with van der Waals surface area (Å²) < 4.78 is 0. The third kappa shape index (κ3) is 7.98. The molecule has 1 N–H and O–H groups in total. The highest BCUT2D eigenvalue weighted by molar-refractivity contribution is 5.05. The van der Waals surface area contributed by atoms with Crippen LogP contribution in [0.2, 0.25) is 0 Å². The zero-order valence-electron chi connectivity index (χ0n) is 19.9.